The molecule has 7 heteroatoms. The standard InChI is InChI=1S/C23H20ClN3O3/c1-23(2)12-18-16(19(28)13-23)11-17(21(29)26-20-5-3-4-10-25-20)22(30)27(18)15-8-6-14(24)7-9-15/h3-11H,12-13H2,1-2H3,(H,25,26,29). The number of pyridine rings is 2. The van der Waals surface area contributed by atoms with Crippen molar-refractivity contribution in [2.24, 2.45) is 5.41 Å². The van der Waals surface area contributed by atoms with Crippen LogP contribution in [0.2, 0.25) is 5.02 Å². The summed E-state index contributed by atoms with van der Waals surface area (Å²) in [5.74, 6) is -0.372. The third-order valence-electron chi connectivity index (χ3n) is 5.12. The molecule has 1 aliphatic carbocycles. The van der Waals surface area contributed by atoms with Gasteiger partial charge in [-0.25, -0.2) is 4.98 Å². The first kappa shape index (κ1) is 20.0. The highest BCUT2D eigenvalue weighted by Gasteiger charge is 2.35. The van der Waals surface area contributed by atoms with Crippen LogP contribution in [0.4, 0.5) is 5.82 Å². The molecule has 6 nitrogen and oxygen atoms in total. The lowest BCUT2D eigenvalue weighted by atomic mass is 9.75. The normalized spacial score (nSPS) is 14.8. The zero-order valence-corrected chi connectivity index (χ0v) is 17.4. The van der Waals surface area contributed by atoms with Crippen LogP contribution in [0, 0.1) is 5.41 Å². The lowest BCUT2D eigenvalue weighted by Gasteiger charge is -2.32. The maximum atomic E-state index is 13.4. The third-order valence-corrected chi connectivity index (χ3v) is 5.38. The summed E-state index contributed by atoms with van der Waals surface area (Å²) >= 11 is 6.01. The van der Waals surface area contributed by atoms with Crippen molar-refractivity contribution in [1.82, 2.24) is 9.55 Å². The molecule has 0 radical (unpaired) electrons. The molecule has 0 aliphatic heterocycles. The zero-order chi connectivity index (χ0) is 21.5. The highest BCUT2D eigenvalue weighted by Crippen LogP contribution is 2.35. The van der Waals surface area contributed by atoms with Crippen LogP contribution in [0.25, 0.3) is 5.69 Å². The van der Waals surface area contributed by atoms with E-state index in [0.717, 1.165) is 0 Å². The number of carbonyl (C=O) groups is 2. The van der Waals surface area contributed by atoms with Crippen LogP contribution in [0.5, 0.6) is 0 Å². The van der Waals surface area contributed by atoms with Crippen LogP contribution >= 0.6 is 11.6 Å². The van der Waals surface area contributed by atoms with E-state index in [9.17, 15) is 14.4 Å². The molecule has 0 atom stereocenters. The van der Waals surface area contributed by atoms with Gasteiger partial charge in [-0.3, -0.25) is 19.0 Å². The predicted molar refractivity (Wildman–Crippen MR) is 116 cm³/mol. The summed E-state index contributed by atoms with van der Waals surface area (Å²) in [4.78, 5) is 43.3. The molecule has 4 rings (SSSR count). The molecule has 2 heterocycles. The fourth-order valence-electron chi connectivity index (χ4n) is 3.76. The fraction of sp³-hybridized carbons (Fsp3) is 0.217. The predicted octanol–water partition coefficient (Wildman–Crippen LogP) is 4.29. The Morgan fingerprint density at radius 3 is 2.50 bits per heavy atom. The molecular formula is C23H20ClN3O3. The Labute approximate surface area is 178 Å². The second-order valence-electron chi connectivity index (χ2n) is 8.15. The van der Waals surface area contributed by atoms with Gasteiger partial charge in [0.1, 0.15) is 11.4 Å². The number of aromatic nitrogens is 2. The SMILES string of the molecule is CC1(C)CC(=O)c2cc(C(=O)Nc3ccccn3)c(=O)n(-c3ccc(Cl)cc3)c2C1. The van der Waals surface area contributed by atoms with Gasteiger partial charge in [0.25, 0.3) is 11.5 Å². The molecule has 0 unspecified atom stereocenters. The van der Waals surface area contributed by atoms with Gasteiger partial charge < -0.3 is 5.32 Å². The second-order valence-corrected chi connectivity index (χ2v) is 8.58. The average molecular weight is 422 g/mol. The van der Waals surface area contributed by atoms with Gasteiger partial charge in [0.15, 0.2) is 5.78 Å². The van der Waals surface area contributed by atoms with Crippen LogP contribution in [0.1, 0.15) is 46.7 Å². The summed E-state index contributed by atoms with van der Waals surface area (Å²) < 4.78 is 1.46. The lowest BCUT2D eigenvalue weighted by Crippen LogP contribution is -2.37. The Hall–Kier alpha value is -3.25. The molecule has 1 N–H and O–H groups in total. The van der Waals surface area contributed by atoms with E-state index in [-0.39, 0.29) is 16.8 Å². The molecule has 2 aromatic heterocycles. The summed E-state index contributed by atoms with van der Waals surface area (Å²) in [5.41, 5.74) is 0.673. The van der Waals surface area contributed by atoms with Gasteiger partial charge in [0.05, 0.1) is 0 Å². The number of hydrogen-bond donors (Lipinski definition) is 1. The topological polar surface area (TPSA) is 81.1 Å². The van der Waals surface area contributed by atoms with Crippen molar-refractivity contribution in [1.29, 1.82) is 0 Å². The maximum Gasteiger partial charge on any atom is 0.268 e. The number of Topliss-reactive ketones (excluding diaryl/α,β-unsaturated/α-hetero) is 1. The number of benzene rings is 1. The number of halogens is 1. The van der Waals surface area contributed by atoms with E-state index in [4.69, 9.17) is 11.6 Å². The van der Waals surface area contributed by atoms with Crippen molar-refractivity contribution in [3.05, 3.63) is 86.9 Å². The monoisotopic (exact) mass is 421 g/mol. The molecule has 0 saturated heterocycles. The second kappa shape index (κ2) is 7.54. The number of amides is 1. The smallest absolute Gasteiger partial charge is 0.268 e. The van der Waals surface area contributed by atoms with Gasteiger partial charge in [-0.15, -0.1) is 0 Å². The maximum absolute atomic E-state index is 13.4. The van der Waals surface area contributed by atoms with Gasteiger partial charge in [-0.05, 0) is 54.3 Å². The van der Waals surface area contributed by atoms with Crippen LogP contribution in [0.3, 0.4) is 0 Å². The first-order valence-corrected chi connectivity index (χ1v) is 9.93. The van der Waals surface area contributed by atoms with Gasteiger partial charge in [-0.2, -0.15) is 0 Å². The number of carbonyl (C=O) groups excluding carboxylic acids is 2. The lowest BCUT2D eigenvalue weighted by molar-refractivity contribution is 0.0909. The number of rotatable bonds is 3. The zero-order valence-electron chi connectivity index (χ0n) is 16.6. The summed E-state index contributed by atoms with van der Waals surface area (Å²) in [7, 11) is 0. The van der Waals surface area contributed by atoms with Crippen molar-refractivity contribution in [3.8, 4) is 5.69 Å². The molecule has 1 amide bonds. The summed E-state index contributed by atoms with van der Waals surface area (Å²) in [6.07, 6.45) is 2.42. The highest BCUT2D eigenvalue weighted by molar-refractivity contribution is 6.30. The molecule has 0 saturated carbocycles. The van der Waals surface area contributed by atoms with Crippen LogP contribution < -0.4 is 10.9 Å². The molecule has 30 heavy (non-hydrogen) atoms. The third kappa shape index (κ3) is 3.78. The number of nitrogens with zero attached hydrogens (tertiary/aromatic N) is 2. The van der Waals surface area contributed by atoms with E-state index in [1.54, 1.807) is 48.7 Å². The Kier molecular flexibility index (Phi) is 5.03. The number of hydrogen-bond acceptors (Lipinski definition) is 4. The van der Waals surface area contributed by atoms with E-state index in [1.807, 2.05) is 13.8 Å². The Balaban J connectivity index is 1.91. The minimum Gasteiger partial charge on any atom is -0.306 e. The summed E-state index contributed by atoms with van der Waals surface area (Å²) in [6, 6.07) is 13.3. The first-order chi connectivity index (χ1) is 14.2. The number of anilines is 1. The first-order valence-electron chi connectivity index (χ1n) is 9.56. The molecule has 0 bridgehead atoms. The fourth-order valence-corrected chi connectivity index (χ4v) is 3.89. The van der Waals surface area contributed by atoms with Crippen molar-refractivity contribution in [3.63, 3.8) is 0 Å². The van der Waals surface area contributed by atoms with Gasteiger partial charge >= 0.3 is 0 Å². The molecule has 0 fully saturated rings. The van der Waals surface area contributed by atoms with Crippen LogP contribution in [-0.4, -0.2) is 21.2 Å². The van der Waals surface area contributed by atoms with Crippen molar-refractivity contribution >= 4 is 29.1 Å². The minimum absolute atomic E-state index is 0.0872. The summed E-state index contributed by atoms with van der Waals surface area (Å²) in [5, 5.41) is 3.16. The van der Waals surface area contributed by atoms with E-state index in [0.29, 0.717) is 40.6 Å². The largest absolute Gasteiger partial charge is 0.306 e. The molecule has 0 spiro atoms. The molecule has 1 aliphatic rings. The molecular weight excluding hydrogens is 402 g/mol. The number of fused-ring (bicyclic) bond motifs is 1. The summed E-state index contributed by atoms with van der Waals surface area (Å²) in [6.45, 7) is 3.98. The van der Waals surface area contributed by atoms with Gasteiger partial charge in [-0.1, -0.05) is 31.5 Å². The quantitative estimate of drug-likeness (QED) is 0.683. The van der Waals surface area contributed by atoms with E-state index < -0.39 is 11.5 Å². The van der Waals surface area contributed by atoms with E-state index in [1.165, 1.54) is 10.6 Å². The highest BCUT2D eigenvalue weighted by atomic mass is 35.5. The Morgan fingerprint density at radius 2 is 1.83 bits per heavy atom. The van der Waals surface area contributed by atoms with E-state index >= 15 is 0 Å². The number of nitrogens with one attached hydrogen (secondary N) is 1. The van der Waals surface area contributed by atoms with Crippen molar-refractivity contribution < 1.29 is 9.59 Å². The Morgan fingerprint density at radius 1 is 1.10 bits per heavy atom. The minimum atomic E-state index is -0.609. The molecule has 3 aromatic rings. The van der Waals surface area contributed by atoms with Crippen molar-refractivity contribution in [2.45, 2.75) is 26.7 Å². The molecule has 1 aromatic carbocycles. The van der Waals surface area contributed by atoms with Crippen molar-refractivity contribution in [2.75, 3.05) is 5.32 Å². The van der Waals surface area contributed by atoms with Crippen LogP contribution in [-0.2, 0) is 6.42 Å². The number of ketones is 1. The average Bonchev–Trinajstić information content (AvgIpc) is 2.68. The van der Waals surface area contributed by atoms with Gasteiger partial charge in [0.2, 0.25) is 0 Å². The molecule has 152 valence electrons. The van der Waals surface area contributed by atoms with Crippen LogP contribution in [0.15, 0.2) is 59.5 Å². The van der Waals surface area contributed by atoms with E-state index in [2.05, 4.69) is 10.3 Å². The Bertz CT molecular complexity index is 1200. The van der Waals surface area contributed by atoms with Gasteiger partial charge in [0, 0.05) is 34.6 Å².